The number of hydrogen-bond donors (Lipinski definition) is 1. The molecule has 0 aliphatic heterocycles. The molecule has 0 amide bonds. The SMILES string of the molecule is Cn1c(=O)c(Sc2ccccc2[N+](=O)[O-])c(O)c2ccccc21. The van der Waals surface area contributed by atoms with E-state index in [-0.39, 0.29) is 16.3 Å². The van der Waals surface area contributed by atoms with Crippen molar-refractivity contribution in [3.63, 3.8) is 0 Å². The summed E-state index contributed by atoms with van der Waals surface area (Å²) in [5.41, 5.74) is 0.0957. The molecule has 0 spiro atoms. The van der Waals surface area contributed by atoms with E-state index in [0.717, 1.165) is 11.8 Å². The van der Waals surface area contributed by atoms with E-state index in [4.69, 9.17) is 0 Å². The van der Waals surface area contributed by atoms with Gasteiger partial charge in [-0.2, -0.15) is 0 Å². The van der Waals surface area contributed by atoms with Crippen LogP contribution in [0.1, 0.15) is 0 Å². The summed E-state index contributed by atoms with van der Waals surface area (Å²) in [6.07, 6.45) is 0. The number of aromatic nitrogens is 1. The van der Waals surface area contributed by atoms with Crippen molar-refractivity contribution in [3.8, 4) is 5.75 Å². The molecule has 0 fully saturated rings. The van der Waals surface area contributed by atoms with Gasteiger partial charge >= 0.3 is 0 Å². The van der Waals surface area contributed by atoms with Gasteiger partial charge in [0.2, 0.25) is 0 Å². The van der Waals surface area contributed by atoms with E-state index in [0.29, 0.717) is 15.8 Å². The lowest BCUT2D eigenvalue weighted by molar-refractivity contribution is -0.387. The van der Waals surface area contributed by atoms with Gasteiger partial charge in [-0.3, -0.25) is 14.9 Å². The van der Waals surface area contributed by atoms with Gasteiger partial charge in [0, 0.05) is 18.5 Å². The Balaban J connectivity index is 2.23. The predicted octanol–water partition coefficient (Wildman–Crippen LogP) is 3.30. The predicted molar refractivity (Wildman–Crippen MR) is 88.1 cm³/mol. The Morgan fingerprint density at radius 2 is 1.78 bits per heavy atom. The van der Waals surface area contributed by atoms with E-state index in [9.17, 15) is 20.0 Å². The van der Waals surface area contributed by atoms with Crippen molar-refractivity contribution in [3.05, 3.63) is 69.0 Å². The first-order valence-electron chi connectivity index (χ1n) is 6.72. The molecule has 0 bridgehead atoms. The number of hydrogen-bond acceptors (Lipinski definition) is 5. The molecule has 0 unspecified atom stereocenters. The number of rotatable bonds is 3. The van der Waals surface area contributed by atoms with Gasteiger partial charge in [-0.1, -0.05) is 36.0 Å². The van der Waals surface area contributed by atoms with Gasteiger partial charge in [0.05, 0.1) is 15.3 Å². The van der Waals surface area contributed by atoms with Gasteiger partial charge in [-0.15, -0.1) is 0 Å². The molecule has 2 aromatic carbocycles. The van der Waals surface area contributed by atoms with Crippen LogP contribution in [0.5, 0.6) is 5.75 Å². The zero-order valence-corrected chi connectivity index (χ0v) is 12.9. The molecule has 0 aliphatic rings. The van der Waals surface area contributed by atoms with Gasteiger partial charge in [-0.25, -0.2) is 0 Å². The van der Waals surface area contributed by atoms with Crippen molar-refractivity contribution in [2.75, 3.05) is 0 Å². The minimum Gasteiger partial charge on any atom is -0.506 e. The van der Waals surface area contributed by atoms with Crippen molar-refractivity contribution >= 4 is 28.4 Å². The van der Waals surface area contributed by atoms with E-state index in [1.54, 1.807) is 49.5 Å². The fourth-order valence-corrected chi connectivity index (χ4v) is 3.39. The number of nitro benzene ring substituents is 1. The molecule has 6 nitrogen and oxygen atoms in total. The van der Waals surface area contributed by atoms with Crippen LogP contribution in [0.2, 0.25) is 0 Å². The number of nitro groups is 1. The summed E-state index contributed by atoms with van der Waals surface area (Å²) >= 11 is 0.900. The first-order chi connectivity index (χ1) is 11.0. The summed E-state index contributed by atoms with van der Waals surface area (Å²) in [6.45, 7) is 0. The monoisotopic (exact) mass is 328 g/mol. The highest BCUT2D eigenvalue weighted by molar-refractivity contribution is 7.99. The molecule has 7 heteroatoms. The molecule has 23 heavy (non-hydrogen) atoms. The van der Waals surface area contributed by atoms with Crippen LogP contribution in [0.25, 0.3) is 10.9 Å². The second kappa shape index (κ2) is 5.77. The Bertz CT molecular complexity index is 981. The molecule has 3 rings (SSSR count). The normalized spacial score (nSPS) is 10.8. The van der Waals surface area contributed by atoms with Crippen LogP contribution in [-0.2, 0) is 7.05 Å². The van der Waals surface area contributed by atoms with Crippen LogP contribution in [-0.4, -0.2) is 14.6 Å². The summed E-state index contributed by atoms with van der Waals surface area (Å²) in [7, 11) is 1.60. The van der Waals surface area contributed by atoms with Crippen molar-refractivity contribution in [2.45, 2.75) is 9.79 Å². The molecule has 0 saturated carbocycles. The van der Waals surface area contributed by atoms with Crippen molar-refractivity contribution in [1.29, 1.82) is 0 Å². The number of benzene rings is 2. The molecule has 1 aromatic heterocycles. The molecule has 0 aliphatic carbocycles. The average Bonchev–Trinajstić information content (AvgIpc) is 2.57. The van der Waals surface area contributed by atoms with Gasteiger partial charge in [0.15, 0.2) is 0 Å². The van der Waals surface area contributed by atoms with Gasteiger partial charge < -0.3 is 9.67 Å². The summed E-state index contributed by atoms with van der Waals surface area (Å²) in [4.78, 5) is 23.5. The smallest absolute Gasteiger partial charge is 0.283 e. The number of nitrogens with zero attached hydrogens (tertiary/aromatic N) is 2. The largest absolute Gasteiger partial charge is 0.506 e. The maximum Gasteiger partial charge on any atom is 0.283 e. The number of fused-ring (bicyclic) bond motifs is 1. The van der Waals surface area contributed by atoms with Crippen LogP contribution in [0.15, 0.2) is 63.1 Å². The van der Waals surface area contributed by atoms with Gasteiger partial charge in [-0.05, 0) is 18.2 Å². The lowest BCUT2D eigenvalue weighted by Gasteiger charge is -2.11. The Hall–Kier alpha value is -2.80. The van der Waals surface area contributed by atoms with E-state index in [2.05, 4.69) is 0 Å². The topological polar surface area (TPSA) is 85.4 Å². The summed E-state index contributed by atoms with van der Waals surface area (Å²) in [5.74, 6) is -0.160. The highest BCUT2D eigenvalue weighted by atomic mass is 32.2. The first kappa shape index (κ1) is 15.1. The van der Waals surface area contributed by atoms with Crippen LogP contribution in [0.3, 0.4) is 0 Å². The van der Waals surface area contributed by atoms with Crippen molar-refractivity contribution in [2.24, 2.45) is 7.05 Å². The Labute approximate surface area is 135 Å². The molecule has 116 valence electrons. The zero-order valence-electron chi connectivity index (χ0n) is 12.1. The highest BCUT2D eigenvalue weighted by Crippen LogP contribution is 2.39. The minimum atomic E-state index is -0.509. The lowest BCUT2D eigenvalue weighted by atomic mass is 10.2. The molecular weight excluding hydrogens is 316 g/mol. The maximum atomic E-state index is 12.5. The Morgan fingerprint density at radius 1 is 1.13 bits per heavy atom. The zero-order chi connectivity index (χ0) is 16.6. The third kappa shape index (κ3) is 2.55. The molecule has 0 radical (unpaired) electrons. The van der Waals surface area contributed by atoms with Crippen molar-refractivity contribution in [1.82, 2.24) is 4.57 Å². The molecule has 3 aromatic rings. The fraction of sp³-hybridized carbons (Fsp3) is 0.0625. The van der Waals surface area contributed by atoms with E-state index in [1.165, 1.54) is 10.6 Å². The Morgan fingerprint density at radius 3 is 2.52 bits per heavy atom. The van der Waals surface area contributed by atoms with Gasteiger partial charge in [0.1, 0.15) is 10.6 Å². The van der Waals surface area contributed by atoms with Crippen LogP contribution < -0.4 is 5.56 Å². The molecular formula is C16H12N2O4S. The quantitative estimate of drug-likeness (QED) is 0.589. The van der Waals surface area contributed by atoms with Crippen LogP contribution >= 0.6 is 11.8 Å². The maximum absolute atomic E-state index is 12.5. The second-order valence-corrected chi connectivity index (χ2v) is 5.94. The number of aromatic hydroxyl groups is 1. The average molecular weight is 328 g/mol. The number of aryl methyl sites for hydroxylation is 1. The number of para-hydroxylation sites is 2. The van der Waals surface area contributed by atoms with Gasteiger partial charge in [0.25, 0.3) is 11.2 Å². The lowest BCUT2D eigenvalue weighted by Crippen LogP contribution is -2.18. The van der Waals surface area contributed by atoms with Crippen LogP contribution in [0.4, 0.5) is 5.69 Å². The second-order valence-electron chi connectivity index (χ2n) is 4.89. The minimum absolute atomic E-state index is 0.0699. The summed E-state index contributed by atoms with van der Waals surface area (Å²) in [5, 5.41) is 22.1. The van der Waals surface area contributed by atoms with Crippen molar-refractivity contribution < 1.29 is 10.0 Å². The van der Waals surface area contributed by atoms with E-state index >= 15 is 0 Å². The molecule has 1 heterocycles. The summed E-state index contributed by atoms with van der Waals surface area (Å²) < 4.78 is 1.42. The third-order valence-corrected chi connectivity index (χ3v) is 4.65. The standard InChI is InChI=1S/C16H12N2O4S/c1-17-11-7-3-2-6-10(11)14(19)15(16(17)20)23-13-9-5-4-8-12(13)18(21)22/h2-9,19H,1H3. The molecule has 0 saturated heterocycles. The molecule has 1 N–H and O–H groups in total. The first-order valence-corrected chi connectivity index (χ1v) is 7.54. The fourth-order valence-electron chi connectivity index (χ4n) is 2.35. The summed E-state index contributed by atoms with van der Waals surface area (Å²) in [6, 6.07) is 13.1. The highest BCUT2D eigenvalue weighted by Gasteiger charge is 2.20. The Kier molecular flexibility index (Phi) is 3.79. The van der Waals surface area contributed by atoms with Crippen LogP contribution in [0, 0.1) is 10.1 Å². The third-order valence-electron chi connectivity index (χ3n) is 3.51. The van der Waals surface area contributed by atoms with E-state index in [1.807, 2.05) is 0 Å². The number of pyridine rings is 1. The molecule has 0 atom stereocenters. The van der Waals surface area contributed by atoms with E-state index < -0.39 is 10.5 Å².